The van der Waals surface area contributed by atoms with Gasteiger partial charge in [-0.15, -0.1) is 0 Å². The zero-order valence-corrected chi connectivity index (χ0v) is 8.22. The topological polar surface area (TPSA) is 92.8 Å². The van der Waals surface area contributed by atoms with Gasteiger partial charge in [-0.25, -0.2) is 8.42 Å². The van der Waals surface area contributed by atoms with Crippen molar-refractivity contribution in [3.8, 4) is 0 Å². The van der Waals surface area contributed by atoms with Crippen LogP contribution in [0.15, 0.2) is 5.16 Å². The second kappa shape index (κ2) is 3.30. The summed E-state index contributed by atoms with van der Waals surface area (Å²) in [6.07, 6.45) is 0. The predicted molar refractivity (Wildman–Crippen MR) is 46.9 cm³/mol. The lowest BCUT2D eigenvalue weighted by Gasteiger charge is -2.18. The molecule has 0 aromatic rings. The summed E-state index contributed by atoms with van der Waals surface area (Å²) in [6.45, 7) is 4.69. The van der Waals surface area contributed by atoms with Gasteiger partial charge in [-0.05, 0) is 20.8 Å². The molecule has 5 nitrogen and oxygen atoms in total. The summed E-state index contributed by atoms with van der Waals surface area (Å²) in [5.74, 6) is -0.697. The van der Waals surface area contributed by atoms with Crippen LogP contribution < -0.4 is 5.73 Å². The number of oxime groups is 1. The molecule has 0 bridgehead atoms. The third-order valence-corrected chi connectivity index (χ3v) is 3.94. The standard InChI is InChI=1S/C6H14N2O3S/c1-6(2,3)12(10,11)4-5(7)8-9/h9H,4H2,1-3H3,(H2,7,8). The van der Waals surface area contributed by atoms with E-state index in [4.69, 9.17) is 10.9 Å². The van der Waals surface area contributed by atoms with E-state index in [0.717, 1.165) is 0 Å². The highest BCUT2D eigenvalue weighted by molar-refractivity contribution is 7.93. The lowest BCUT2D eigenvalue weighted by molar-refractivity contribution is 0.318. The van der Waals surface area contributed by atoms with Gasteiger partial charge < -0.3 is 10.9 Å². The third kappa shape index (κ3) is 2.69. The van der Waals surface area contributed by atoms with Crippen molar-refractivity contribution in [2.75, 3.05) is 5.75 Å². The summed E-state index contributed by atoms with van der Waals surface area (Å²) >= 11 is 0. The van der Waals surface area contributed by atoms with Crippen LogP contribution in [0, 0.1) is 0 Å². The number of hydrogen-bond acceptors (Lipinski definition) is 4. The molecule has 72 valence electrons. The van der Waals surface area contributed by atoms with Crippen LogP contribution in [0.5, 0.6) is 0 Å². The molecule has 0 rings (SSSR count). The number of sulfone groups is 1. The molecule has 0 saturated heterocycles. The van der Waals surface area contributed by atoms with Gasteiger partial charge in [-0.2, -0.15) is 0 Å². The van der Waals surface area contributed by atoms with Crippen molar-refractivity contribution in [3.05, 3.63) is 0 Å². The number of amidine groups is 1. The van der Waals surface area contributed by atoms with Gasteiger partial charge in [0, 0.05) is 0 Å². The van der Waals surface area contributed by atoms with Crippen molar-refractivity contribution >= 4 is 15.7 Å². The molecule has 0 heterocycles. The van der Waals surface area contributed by atoms with Gasteiger partial charge >= 0.3 is 0 Å². The Morgan fingerprint density at radius 2 is 1.92 bits per heavy atom. The molecular weight excluding hydrogens is 180 g/mol. The zero-order chi connectivity index (χ0) is 9.99. The average Bonchev–Trinajstić information content (AvgIpc) is 1.84. The van der Waals surface area contributed by atoms with Crippen LogP contribution in [-0.2, 0) is 9.84 Å². The predicted octanol–water partition coefficient (Wildman–Crippen LogP) is -0.0539. The molecule has 3 N–H and O–H groups in total. The minimum Gasteiger partial charge on any atom is -0.409 e. The molecule has 0 aliphatic heterocycles. The summed E-state index contributed by atoms with van der Waals surface area (Å²) in [5.41, 5.74) is 5.08. The molecule has 0 aromatic heterocycles. The maximum atomic E-state index is 11.3. The van der Waals surface area contributed by atoms with E-state index in [2.05, 4.69) is 5.16 Å². The first-order valence-corrected chi connectivity index (χ1v) is 5.04. The Labute approximate surface area is 72.2 Å². The van der Waals surface area contributed by atoms with Crippen molar-refractivity contribution < 1.29 is 13.6 Å². The van der Waals surface area contributed by atoms with E-state index in [0.29, 0.717) is 0 Å². The Morgan fingerprint density at radius 3 is 2.17 bits per heavy atom. The fourth-order valence-corrected chi connectivity index (χ4v) is 1.32. The third-order valence-electron chi connectivity index (χ3n) is 1.40. The van der Waals surface area contributed by atoms with Gasteiger partial charge in [0.05, 0.1) is 4.75 Å². The molecule has 0 saturated carbocycles. The summed E-state index contributed by atoms with van der Waals surface area (Å²) in [6, 6.07) is 0. The van der Waals surface area contributed by atoms with Gasteiger partial charge in [0.25, 0.3) is 0 Å². The molecule has 0 atom stereocenters. The summed E-state index contributed by atoms with van der Waals surface area (Å²) in [4.78, 5) is 0. The van der Waals surface area contributed by atoms with Crippen molar-refractivity contribution in [3.63, 3.8) is 0 Å². The summed E-state index contributed by atoms with van der Waals surface area (Å²) < 4.78 is 21.8. The normalized spacial score (nSPS) is 14.8. The van der Waals surface area contributed by atoms with E-state index in [1.807, 2.05) is 0 Å². The number of nitrogens with two attached hydrogens (primary N) is 1. The van der Waals surface area contributed by atoms with Crippen molar-refractivity contribution in [1.82, 2.24) is 0 Å². The van der Waals surface area contributed by atoms with Gasteiger partial charge in [0.1, 0.15) is 5.75 Å². The van der Waals surface area contributed by atoms with Crippen LogP contribution in [0.3, 0.4) is 0 Å². The highest BCUT2D eigenvalue weighted by atomic mass is 32.2. The monoisotopic (exact) mass is 194 g/mol. The minimum absolute atomic E-state index is 0.287. The van der Waals surface area contributed by atoms with E-state index >= 15 is 0 Å². The van der Waals surface area contributed by atoms with E-state index < -0.39 is 20.3 Å². The Bertz CT molecular complexity index is 274. The lowest BCUT2D eigenvalue weighted by Crippen LogP contribution is -2.36. The molecule has 0 aliphatic rings. The Kier molecular flexibility index (Phi) is 3.09. The first-order chi connectivity index (χ1) is 5.20. The molecular formula is C6H14N2O3S. The van der Waals surface area contributed by atoms with E-state index in [1.165, 1.54) is 0 Å². The number of rotatable bonds is 2. The van der Waals surface area contributed by atoms with Crippen LogP contribution in [0.2, 0.25) is 0 Å². The van der Waals surface area contributed by atoms with Gasteiger partial charge in [0.2, 0.25) is 0 Å². The molecule has 0 radical (unpaired) electrons. The molecule has 0 spiro atoms. The maximum Gasteiger partial charge on any atom is 0.162 e. The Balaban J connectivity index is 4.70. The fourth-order valence-electron chi connectivity index (χ4n) is 0.440. The van der Waals surface area contributed by atoms with E-state index in [-0.39, 0.29) is 5.84 Å². The quantitative estimate of drug-likeness (QED) is 0.279. The smallest absolute Gasteiger partial charge is 0.162 e. The van der Waals surface area contributed by atoms with Crippen LogP contribution >= 0.6 is 0 Å². The lowest BCUT2D eigenvalue weighted by atomic mass is 10.3. The second-order valence-electron chi connectivity index (χ2n) is 3.46. The number of nitrogens with zero attached hydrogens (tertiary/aromatic N) is 1. The fraction of sp³-hybridized carbons (Fsp3) is 0.833. The van der Waals surface area contributed by atoms with Crippen molar-refractivity contribution in [1.29, 1.82) is 0 Å². The highest BCUT2D eigenvalue weighted by Gasteiger charge is 2.29. The molecule has 0 aliphatic carbocycles. The van der Waals surface area contributed by atoms with Crippen LogP contribution in [0.25, 0.3) is 0 Å². The molecule has 0 amide bonds. The Hall–Kier alpha value is -0.780. The van der Waals surface area contributed by atoms with Crippen LogP contribution in [0.1, 0.15) is 20.8 Å². The van der Waals surface area contributed by atoms with Gasteiger partial charge in [-0.3, -0.25) is 0 Å². The van der Waals surface area contributed by atoms with Crippen molar-refractivity contribution in [2.45, 2.75) is 25.5 Å². The van der Waals surface area contributed by atoms with E-state index in [9.17, 15) is 8.42 Å². The highest BCUT2D eigenvalue weighted by Crippen LogP contribution is 2.15. The molecule has 0 unspecified atom stereocenters. The van der Waals surface area contributed by atoms with Crippen molar-refractivity contribution in [2.24, 2.45) is 10.9 Å². The van der Waals surface area contributed by atoms with E-state index in [1.54, 1.807) is 20.8 Å². The first kappa shape index (κ1) is 11.2. The number of hydrogen-bond donors (Lipinski definition) is 2. The molecule has 12 heavy (non-hydrogen) atoms. The first-order valence-electron chi connectivity index (χ1n) is 3.39. The summed E-state index contributed by atoms with van der Waals surface area (Å²) in [7, 11) is -3.32. The molecule has 0 aromatic carbocycles. The van der Waals surface area contributed by atoms with Gasteiger partial charge in [-0.1, -0.05) is 5.16 Å². The minimum atomic E-state index is -3.32. The van der Waals surface area contributed by atoms with Crippen LogP contribution in [0.4, 0.5) is 0 Å². The molecule has 0 fully saturated rings. The Morgan fingerprint density at radius 1 is 1.50 bits per heavy atom. The molecule has 6 heteroatoms. The SMILES string of the molecule is CC(C)(C)S(=O)(=O)C/C(N)=N/O. The maximum absolute atomic E-state index is 11.3. The average molecular weight is 194 g/mol. The van der Waals surface area contributed by atoms with Crippen LogP contribution in [-0.4, -0.2) is 30.0 Å². The largest absolute Gasteiger partial charge is 0.409 e. The second-order valence-corrected chi connectivity index (χ2v) is 6.21. The summed E-state index contributed by atoms with van der Waals surface area (Å²) in [5, 5.41) is 10.8. The van der Waals surface area contributed by atoms with Gasteiger partial charge in [0.15, 0.2) is 15.7 Å². The zero-order valence-electron chi connectivity index (χ0n) is 7.40.